The first-order chi connectivity index (χ1) is 8.72. The Kier molecular flexibility index (Phi) is 3.07. The van der Waals surface area contributed by atoms with Crippen molar-refractivity contribution >= 4 is 5.82 Å². The van der Waals surface area contributed by atoms with Crippen molar-refractivity contribution in [2.24, 2.45) is 0 Å². The number of halogens is 2. The first-order valence-corrected chi connectivity index (χ1v) is 5.41. The first kappa shape index (κ1) is 13.8. The molecule has 106 valence electrons. The maximum Gasteiger partial charge on any atom is 0.351 e. The van der Waals surface area contributed by atoms with Crippen LogP contribution >= 0.6 is 0 Å². The highest BCUT2D eigenvalue weighted by atomic mass is 19.2. The molecule has 2 rings (SSSR count). The van der Waals surface area contributed by atoms with Crippen molar-refractivity contribution in [1.29, 1.82) is 0 Å². The maximum atomic E-state index is 14.4. The van der Waals surface area contributed by atoms with Gasteiger partial charge in [-0.15, -0.1) is 0 Å². The predicted octanol–water partition coefficient (Wildman–Crippen LogP) is -0.899. The van der Waals surface area contributed by atoms with Gasteiger partial charge in [-0.05, 0) is 13.0 Å². The van der Waals surface area contributed by atoms with Gasteiger partial charge in [0.1, 0.15) is 12.4 Å². The third kappa shape index (κ3) is 1.99. The second kappa shape index (κ2) is 4.22. The summed E-state index contributed by atoms with van der Waals surface area (Å²) in [5.74, 6) is -3.08. The molecule has 1 aromatic rings. The summed E-state index contributed by atoms with van der Waals surface area (Å²) in [6.45, 7) is -0.385. The number of alkyl halides is 2. The second-order valence-electron chi connectivity index (χ2n) is 4.51. The van der Waals surface area contributed by atoms with E-state index < -0.39 is 36.2 Å². The molecule has 7 nitrogen and oxygen atoms in total. The molecule has 0 aliphatic carbocycles. The normalized spacial score (nSPS) is 38.6. The van der Waals surface area contributed by atoms with E-state index in [0.717, 1.165) is 13.1 Å². The van der Waals surface area contributed by atoms with E-state index in [1.54, 1.807) is 0 Å². The Hall–Kier alpha value is -1.58. The van der Waals surface area contributed by atoms with Crippen LogP contribution in [0.4, 0.5) is 14.6 Å². The summed E-state index contributed by atoms with van der Waals surface area (Å²) >= 11 is 0. The van der Waals surface area contributed by atoms with Crippen molar-refractivity contribution in [3.63, 3.8) is 0 Å². The number of nitrogens with zero attached hydrogens (tertiary/aromatic N) is 2. The minimum Gasteiger partial charge on any atom is -0.390 e. The van der Waals surface area contributed by atoms with E-state index in [4.69, 9.17) is 10.8 Å². The molecule has 1 aliphatic heterocycles. The minimum atomic E-state index is -2.99. The molecule has 1 unspecified atom stereocenters. The Morgan fingerprint density at radius 1 is 1.63 bits per heavy atom. The Morgan fingerprint density at radius 2 is 2.26 bits per heavy atom. The minimum absolute atomic E-state index is 0.0889. The Bertz CT molecular complexity index is 550. The van der Waals surface area contributed by atoms with Crippen molar-refractivity contribution in [3.05, 3.63) is 22.7 Å². The number of nitrogen functional groups attached to an aromatic ring is 1. The van der Waals surface area contributed by atoms with Gasteiger partial charge in [-0.3, -0.25) is 4.57 Å². The quantitative estimate of drug-likeness (QED) is 0.646. The number of hydrogen-bond donors (Lipinski definition) is 3. The van der Waals surface area contributed by atoms with Gasteiger partial charge in [0.25, 0.3) is 5.85 Å². The van der Waals surface area contributed by atoms with Crippen molar-refractivity contribution in [3.8, 4) is 0 Å². The van der Waals surface area contributed by atoms with Crippen LogP contribution in [0.2, 0.25) is 0 Å². The number of anilines is 1. The molecule has 2 heterocycles. The lowest BCUT2D eigenvalue weighted by Crippen LogP contribution is -2.46. The topological polar surface area (TPSA) is 111 Å². The molecule has 0 aromatic carbocycles. The van der Waals surface area contributed by atoms with E-state index in [-0.39, 0.29) is 5.82 Å². The van der Waals surface area contributed by atoms with Gasteiger partial charge < -0.3 is 20.7 Å². The van der Waals surface area contributed by atoms with Crippen LogP contribution in [0.25, 0.3) is 0 Å². The SMILES string of the molecule is C[C@]1(F)C(n2ccc(N)nc2=O)O[C@](F)(CO)[C@H]1O. The summed E-state index contributed by atoms with van der Waals surface area (Å²) < 4.78 is 33.7. The lowest BCUT2D eigenvalue weighted by Gasteiger charge is -2.24. The Labute approximate surface area is 106 Å². The number of aliphatic hydroxyl groups is 2. The standard InChI is InChI=1S/C10H13F2N3O4/c1-9(11)6(17)10(12,4-16)19-7(9)15-3-2-5(13)14-8(15)18/h2-3,6-7,16-17H,4H2,1H3,(H2,13,14,18)/t6-,7?,9+,10+/m0/s1. The van der Waals surface area contributed by atoms with Gasteiger partial charge >= 0.3 is 5.69 Å². The van der Waals surface area contributed by atoms with E-state index in [1.165, 1.54) is 6.07 Å². The van der Waals surface area contributed by atoms with E-state index >= 15 is 0 Å². The van der Waals surface area contributed by atoms with Crippen molar-refractivity contribution in [2.45, 2.75) is 30.8 Å². The van der Waals surface area contributed by atoms with Crippen LogP contribution in [0.5, 0.6) is 0 Å². The zero-order valence-corrected chi connectivity index (χ0v) is 9.96. The van der Waals surface area contributed by atoms with Crippen LogP contribution in [-0.4, -0.2) is 44.0 Å². The van der Waals surface area contributed by atoms with Gasteiger partial charge in [0.2, 0.25) is 0 Å². The fourth-order valence-corrected chi connectivity index (χ4v) is 1.98. The molecular weight excluding hydrogens is 264 g/mol. The maximum absolute atomic E-state index is 14.4. The molecule has 0 bridgehead atoms. The Morgan fingerprint density at radius 3 is 2.74 bits per heavy atom. The summed E-state index contributed by atoms with van der Waals surface area (Å²) in [4.78, 5) is 14.9. The van der Waals surface area contributed by atoms with Gasteiger partial charge in [0.05, 0.1) is 0 Å². The van der Waals surface area contributed by atoms with Crippen LogP contribution in [0, 0.1) is 0 Å². The average Bonchev–Trinajstić information content (AvgIpc) is 2.51. The number of nitrogens with two attached hydrogens (primary N) is 1. The zero-order chi connectivity index (χ0) is 14.4. The molecule has 9 heteroatoms. The molecule has 0 saturated carbocycles. The monoisotopic (exact) mass is 277 g/mol. The molecule has 1 saturated heterocycles. The van der Waals surface area contributed by atoms with Crippen molar-refractivity contribution < 1.29 is 23.7 Å². The smallest absolute Gasteiger partial charge is 0.351 e. The number of ether oxygens (including phenoxy) is 1. The summed E-state index contributed by atoms with van der Waals surface area (Å²) in [6, 6.07) is 1.20. The number of aliphatic hydroxyl groups excluding tert-OH is 2. The van der Waals surface area contributed by atoms with Gasteiger partial charge in [-0.1, -0.05) is 0 Å². The predicted molar refractivity (Wildman–Crippen MR) is 59.5 cm³/mol. The highest BCUT2D eigenvalue weighted by molar-refractivity contribution is 5.24. The fraction of sp³-hybridized carbons (Fsp3) is 0.600. The lowest BCUT2D eigenvalue weighted by molar-refractivity contribution is -0.207. The van der Waals surface area contributed by atoms with Crippen LogP contribution < -0.4 is 11.4 Å². The molecule has 0 amide bonds. The summed E-state index contributed by atoms with van der Waals surface area (Å²) in [5, 5.41) is 18.4. The number of rotatable bonds is 2. The average molecular weight is 277 g/mol. The summed E-state index contributed by atoms with van der Waals surface area (Å²) in [5.41, 5.74) is 1.70. The summed E-state index contributed by atoms with van der Waals surface area (Å²) in [6.07, 6.45) is -2.94. The van der Waals surface area contributed by atoms with Crippen molar-refractivity contribution in [2.75, 3.05) is 12.3 Å². The van der Waals surface area contributed by atoms with Crippen LogP contribution in [0.1, 0.15) is 13.2 Å². The third-order valence-electron chi connectivity index (χ3n) is 3.05. The second-order valence-corrected chi connectivity index (χ2v) is 4.51. The fourth-order valence-electron chi connectivity index (χ4n) is 1.98. The number of aromatic nitrogens is 2. The van der Waals surface area contributed by atoms with E-state index in [1.807, 2.05) is 0 Å². The van der Waals surface area contributed by atoms with E-state index in [2.05, 4.69) is 9.72 Å². The van der Waals surface area contributed by atoms with E-state index in [9.17, 15) is 18.7 Å². The number of hydrogen-bond acceptors (Lipinski definition) is 6. The molecule has 1 fully saturated rings. The van der Waals surface area contributed by atoms with Crippen LogP contribution in [0.3, 0.4) is 0 Å². The van der Waals surface area contributed by atoms with Gasteiger partial charge in [0.15, 0.2) is 18.0 Å². The molecular formula is C10H13F2N3O4. The van der Waals surface area contributed by atoms with Crippen LogP contribution in [0.15, 0.2) is 17.1 Å². The molecule has 19 heavy (non-hydrogen) atoms. The van der Waals surface area contributed by atoms with Crippen LogP contribution in [-0.2, 0) is 4.74 Å². The summed E-state index contributed by atoms with van der Waals surface area (Å²) in [7, 11) is 0. The molecule has 0 radical (unpaired) electrons. The molecule has 4 N–H and O–H groups in total. The molecule has 4 atom stereocenters. The van der Waals surface area contributed by atoms with Crippen molar-refractivity contribution in [1.82, 2.24) is 9.55 Å². The van der Waals surface area contributed by atoms with Gasteiger partial charge in [0, 0.05) is 6.20 Å². The highest BCUT2D eigenvalue weighted by Crippen LogP contribution is 2.46. The third-order valence-corrected chi connectivity index (χ3v) is 3.05. The molecule has 1 aliphatic rings. The first-order valence-electron chi connectivity index (χ1n) is 5.41. The van der Waals surface area contributed by atoms with Gasteiger partial charge in [-0.25, -0.2) is 13.6 Å². The largest absolute Gasteiger partial charge is 0.390 e. The van der Waals surface area contributed by atoms with Gasteiger partial charge in [-0.2, -0.15) is 4.98 Å². The van der Waals surface area contributed by atoms with E-state index in [0.29, 0.717) is 4.57 Å². The highest BCUT2D eigenvalue weighted by Gasteiger charge is 2.64. The zero-order valence-electron chi connectivity index (χ0n) is 9.96. The lowest BCUT2D eigenvalue weighted by atomic mass is 9.97. The molecule has 0 spiro atoms. The Balaban J connectivity index is 2.48. The molecule has 1 aromatic heterocycles.